The molecule has 0 unspecified atom stereocenters. The third-order valence-electron chi connectivity index (χ3n) is 6.97. The average Bonchev–Trinajstić information content (AvgIpc) is 3.27. The van der Waals surface area contributed by atoms with Crippen molar-refractivity contribution in [1.82, 2.24) is 19.9 Å². The van der Waals surface area contributed by atoms with Gasteiger partial charge in [-0.3, -0.25) is 9.88 Å². The van der Waals surface area contributed by atoms with Gasteiger partial charge in [-0.15, -0.1) is 11.3 Å². The van der Waals surface area contributed by atoms with Crippen LogP contribution >= 0.6 is 11.3 Å². The first kappa shape index (κ1) is 20.8. The lowest BCUT2D eigenvalue weighted by Gasteiger charge is -2.36. The monoisotopic (exact) mass is 455 g/mol. The molecule has 0 N–H and O–H groups in total. The second-order valence-electron chi connectivity index (χ2n) is 9.06. The molecule has 1 aliphatic heterocycles. The highest BCUT2D eigenvalue weighted by atomic mass is 32.1. The molecule has 6 rings (SSSR count). The van der Waals surface area contributed by atoms with Crippen molar-refractivity contribution in [3.8, 4) is 11.4 Å². The fourth-order valence-electron chi connectivity index (χ4n) is 5.11. The second-order valence-corrected chi connectivity index (χ2v) is 10.1. The summed E-state index contributed by atoms with van der Waals surface area (Å²) in [5.74, 6) is 1.97. The van der Waals surface area contributed by atoms with E-state index in [1.807, 2.05) is 35.9 Å². The molecule has 3 aromatic heterocycles. The highest BCUT2D eigenvalue weighted by Crippen LogP contribution is 2.41. The zero-order chi connectivity index (χ0) is 22.0. The lowest BCUT2D eigenvalue weighted by Crippen LogP contribution is -2.47. The Labute approximate surface area is 199 Å². The molecule has 4 heterocycles. The molecule has 1 fully saturated rings. The van der Waals surface area contributed by atoms with Gasteiger partial charge in [0.2, 0.25) is 0 Å². The summed E-state index contributed by atoms with van der Waals surface area (Å²) >= 11 is 1.89. The van der Waals surface area contributed by atoms with Gasteiger partial charge in [0.1, 0.15) is 10.6 Å². The molecule has 168 valence electrons. The van der Waals surface area contributed by atoms with Crippen LogP contribution in [0.1, 0.15) is 28.8 Å². The number of anilines is 1. The van der Waals surface area contributed by atoms with E-state index in [1.54, 1.807) is 0 Å². The molecule has 0 atom stereocenters. The Kier molecular flexibility index (Phi) is 5.78. The highest BCUT2D eigenvalue weighted by molar-refractivity contribution is 7.19. The molecule has 1 aliphatic carbocycles. The lowest BCUT2D eigenvalue weighted by atomic mass is 9.96. The fourth-order valence-corrected chi connectivity index (χ4v) is 6.37. The average molecular weight is 456 g/mol. The Balaban J connectivity index is 1.28. The van der Waals surface area contributed by atoms with Gasteiger partial charge < -0.3 is 4.90 Å². The summed E-state index contributed by atoms with van der Waals surface area (Å²) in [5.41, 5.74) is 3.98. The minimum absolute atomic E-state index is 0.824. The number of aryl methyl sites for hydroxylation is 2. The molecule has 0 bridgehead atoms. The van der Waals surface area contributed by atoms with Crippen LogP contribution in [-0.4, -0.2) is 52.6 Å². The SMILES string of the molecule is c1ccc(CCN2CCN(c3nc(-c4ccncc4)nc4sc5c(c34)CCCC5)CC2)cc1. The molecule has 0 saturated carbocycles. The first-order valence-electron chi connectivity index (χ1n) is 12.1. The fraction of sp³-hybridized carbons (Fsp3) is 0.370. The summed E-state index contributed by atoms with van der Waals surface area (Å²) in [4.78, 5) is 22.2. The minimum atomic E-state index is 0.824. The number of thiophene rings is 1. The first-order chi connectivity index (χ1) is 16.3. The molecule has 0 amide bonds. The predicted molar refractivity (Wildman–Crippen MR) is 136 cm³/mol. The smallest absolute Gasteiger partial charge is 0.163 e. The number of hydrogen-bond donors (Lipinski definition) is 0. The number of hydrogen-bond acceptors (Lipinski definition) is 6. The minimum Gasteiger partial charge on any atom is -0.353 e. The molecule has 5 nitrogen and oxygen atoms in total. The van der Waals surface area contributed by atoms with Gasteiger partial charge in [0, 0.05) is 55.6 Å². The van der Waals surface area contributed by atoms with E-state index in [0.717, 1.165) is 67.6 Å². The topological polar surface area (TPSA) is 45.2 Å². The Morgan fingerprint density at radius 1 is 0.848 bits per heavy atom. The van der Waals surface area contributed by atoms with Crippen molar-refractivity contribution in [2.45, 2.75) is 32.1 Å². The molecule has 1 saturated heterocycles. The van der Waals surface area contributed by atoms with E-state index in [9.17, 15) is 0 Å². The molecular formula is C27H29N5S. The van der Waals surface area contributed by atoms with Crippen molar-refractivity contribution >= 4 is 27.4 Å². The summed E-state index contributed by atoms with van der Waals surface area (Å²) in [6.07, 6.45) is 9.69. The van der Waals surface area contributed by atoms with Gasteiger partial charge in [-0.05, 0) is 55.4 Å². The number of fused-ring (bicyclic) bond motifs is 3. The maximum absolute atomic E-state index is 5.17. The third kappa shape index (κ3) is 4.25. The van der Waals surface area contributed by atoms with Crippen LogP contribution in [0.3, 0.4) is 0 Å². The van der Waals surface area contributed by atoms with E-state index in [0.29, 0.717) is 0 Å². The maximum Gasteiger partial charge on any atom is 0.163 e. The van der Waals surface area contributed by atoms with Crippen molar-refractivity contribution in [2.24, 2.45) is 0 Å². The standard InChI is InChI=1S/C27H29N5S/c1-2-6-20(7-3-1)12-15-31-16-18-32(19-17-31)26-24-22-8-4-5-9-23(22)33-27(24)30-25(29-26)21-10-13-28-14-11-21/h1-3,6-7,10-11,13-14H,4-5,8-9,12,15-19H2. The Morgan fingerprint density at radius 2 is 1.64 bits per heavy atom. The van der Waals surface area contributed by atoms with Crippen molar-refractivity contribution in [3.05, 3.63) is 70.9 Å². The maximum atomic E-state index is 5.17. The first-order valence-corrected chi connectivity index (χ1v) is 12.9. The van der Waals surface area contributed by atoms with Crippen molar-refractivity contribution in [1.29, 1.82) is 0 Å². The highest BCUT2D eigenvalue weighted by Gasteiger charge is 2.26. The van der Waals surface area contributed by atoms with E-state index in [4.69, 9.17) is 9.97 Å². The van der Waals surface area contributed by atoms with Gasteiger partial charge in [0.25, 0.3) is 0 Å². The normalized spacial score (nSPS) is 16.8. The zero-order valence-electron chi connectivity index (χ0n) is 18.9. The number of benzene rings is 1. The molecular weight excluding hydrogens is 426 g/mol. The third-order valence-corrected chi connectivity index (χ3v) is 8.15. The predicted octanol–water partition coefficient (Wildman–Crippen LogP) is 5.00. The molecule has 0 radical (unpaired) electrons. The van der Waals surface area contributed by atoms with E-state index in [2.05, 4.69) is 45.1 Å². The number of rotatable bonds is 5. The van der Waals surface area contributed by atoms with E-state index in [1.165, 1.54) is 40.7 Å². The molecule has 1 aromatic carbocycles. The van der Waals surface area contributed by atoms with E-state index < -0.39 is 0 Å². The van der Waals surface area contributed by atoms with Crippen LogP contribution in [0, 0.1) is 0 Å². The van der Waals surface area contributed by atoms with Crippen LogP contribution < -0.4 is 4.90 Å². The van der Waals surface area contributed by atoms with Gasteiger partial charge >= 0.3 is 0 Å². The van der Waals surface area contributed by atoms with Crippen LogP contribution in [0.15, 0.2) is 54.9 Å². The summed E-state index contributed by atoms with van der Waals surface area (Å²) < 4.78 is 0. The summed E-state index contributed by atoms with van der Waals surface area (Å²) in [7, 11) is 0. The largest absolute Gasteiger partial charge is 0.353 e. The van der Waals surface area contributed by atoms with Crippen molar-refractivity contribution < 1.29 is 0 Å². The van der Waals surface area contributed by atoms with Crippen LogP contribution in [-0.2, 0) is 19.3 Å². The van der Waals surface area contributed by atoms with Gasteiger partial charge in [0.05, 0.1) is 5.39 Å². The van der Waals surface area contributed by atoms with Crippen molar-refractivity contribution in [3.63, 3.8) is 0 Å². The Morgan fingerprint density at radius 3 is 2.45 bits per heavy atom. The Bertz CT molecular complexity index is 1230. The van der Waals surface area contributed by atoms with E-state index >= 15 is 0 Å². The van der Waals surface area contributed by atoms with Crippen LogP contribution in [0.5, 0.6) is 0 Å². The van der Waals surface area contributed by atoms with E-state index in [-0.39, 0.29) is 0 Å². The lowest BCUT2D eigenvalue weighted by molar-refractivity contribution is 0.260. The molecule has 2 aliphatic rings. The zero-order valence-corrected chi connectivity index (χ0v) is 19.7. The number of aromatic nitrogens is 3. The second kappa shape index (κ2) is 9.20. The summed E-state index contributed by atoms with van der Waals surface area (Å²) in [6, 6.07) is 14.8. The number of pyridine rings is 1. The molecule has 6 heteroatoms. The van der Waals surface area contributed by atoms with Crippen LogP contribution in [0.2, 0.25) is 0 Å². The number of nitrogens with zero attached hydrogens (tertiary/aromatic N) is 5. The van der Waals surface area contributed by atoms with Gasteiger partial charge in [0.15, 0.2) is 5.82 Å². The molecule has 0 spiro atoms. The van der Waals surface area contributed by atoms with Gasteiger partial charge in [-0.2, -0.15) is 0 Å². The summed E-state index contributed by atoms with van der Waals surface area (Å²) in [5, 5.41) is 1.32. The van der Waals surface area contributed by atoms with Gasteiger partial charge in [-0.1, -0.05) is 30.3 Å². The van der Waals surface area contributed by atoms with Crippen LogP contribution in [0.25, 0.3) is 21.6 Å². The van der Waals surface area contributed by atoms with Crippen molar-refractivity contribution in [2.75, 3.05) is 37.6 Å². The number of piperazine rings is 1. The Hall–Kier alpha value is -2.83. The quantitative estimate of drug-likeness (QED) is 0.424. The van der Waals surface area contributed by atoms with Crippen LogP contribution in [0.4, 0.5) is 5.82 Å². The van der Waals surface area contributed by atoms with Gasteiger partial charge in [-0.25, -0.2) is 9.97 Å². The molecule has 33 heavy (non-hydrogen) atoms. The molecule has 4 aromatic rings. The summed E-state index contributed by atoms with van der Waals surface area (Å²) in [6.45, 7) is 5.31.